The second-order valence-corrected chi connectivity index (χ2v) is 14.7. The van der Waals surface area contributed by atoms with Crippen molar-refractivity contribution in [3.05, 3.63) is 149 Å². The maximum absolute atomic E-state index is 14.0. The van der Waals surface area contributed by atoms with E-state index in [1.807, 2.05) is 108 Å². The van der Waals surface area contributed by atoms with Gasteiger partial charge in [-0.15, -0.1) is 0 Å². The summed E-state index contributed by atoms with van der Waals surface area (Å²) >= 11 is 0. The van der Waals surface area contributed by atoms with Crippen molar-refractivity contribution in [1.82, 2.24) is 30.1 Å². The second-order valence-electron chi connectivity index (χ2n) is 14.7. The van der Waals surface area contributed by atoms with E-state index in [1.54, 1.807) is 4.90 Å². The van der Waals surface area contributed by atoms with Gasteiger partial charge in [0.15, 0.2) is 6.04 Å². The third-order valence-corrected chi connectivity index (χ3v) is 11.0. The van der Waals surface area contributed by atoms with E-state index < -0.39 is 18.2 Å². The largest absolute Gasteiger partial charge is 0.453 e. The fourth-order valence-electron chi connectivity index (χ4n) is 8.09. The number of nitrogens with zero attached hydrogens (tertiary/aromatic N) is 4. The number of carbonyl (C=O) groups is 3. The molecule has 13 nitrogen and oxygen atoms in total. The fourth-order valence-corrected chi connectivity index (χ4v) is 8.09. The van der Waals surface area contributed by atoms with Crippen LogP contribution < -0.4 is 5.32 Å². The minimum Gasteiger partial charge on any atom is -0.453 e. The minimum absolute atomic E-state index is 0.0976. The Labute approximate surface area is 347 Å². The van der Waals surface area contributed by atoms with Crippen molar-refractivity contribution in [2.75, 3.05) is 27.3 Å². The number of benzene rings is 4. The lowest BCUT2D eigenvalue weighted by Gasteiger charge is -2.28. The van der Waals surface area contributed by atoms with Gasteiger partial charge in [-0.2, -0.15) is 4.89 Å². The van der Waals surface area contributed by atoms with Gasteiger partial charge in [0.1, 0.15) is 11.9 Å². The van der Waals surface area contributed by atoms with Crippen molar-refractivity contribution < 1.29 is 28.9 Å². The highest BCUT2D eigenvalue weighted by Crippen LogP contribution is 2.37. The minimum atomic E-state index is -0.882. The number of methoxy groups -OCH3 is 1. The van der Waals surface area contributed by atoms with Crippen molar-refractivity contribution >= 4 is 35.2 Å². The first-order chi connectivity index (χ1) is 29.4. The lowest BCUT2D eigenvalue weighted by molar-refractivity contribution is -0.188. The van der Waals surface area contributed by atoms with E-state index >= 15 is 0 Å². The highest BCUT2D eigenvalue weighted by Gasteiger charge is 2.38. The number of alkyl carbamates (subject to hydrolysis) is 1. The Morgan fingerprint density at radius 3 is 2.20 bits per heavy atom. The Morgan fingerprint density at radius 1 is 0.817 bits per heavy atom. The zero-order chi connectivity index (χ0) is 41.4. The van der Waals surface area contributed by atoms with Crippen LogP contribution >= 0.6 is 0 Å². The first-order valence-corrected chi connectivity index (χ1v) is 20.0. The molecule has 2 saturated heterocycles. The molecule has 0 saturated carbocycles. The number of carbonyl (C=O) groups excluding carboxylic acids is 3. The van der Waals surface area contributed by atoms with Gasteiger partial charge in [0.25, 0.3) is 11.8 Å². The summed E-state index contributed by atoms with van der Waals surface area (Å²) in [6.45, 7) is 1.18. The number of amides is 3. The van der Waals surface area contributed by atoms with E-state index in [9.17, 15) is 14.4 Å². The standard InChI is InChI=1S/C47H45N7O6/c1-58-47(57)52-43(35-13-7-4-8-14-35)46(56)54-26-10-16-41(54)44-48-29-39(51-44)33-22-19-31(20-23-33)17-18-32-21-24-37-36(27-32)28-38(50-37)40-15-9-25-53(40)45(55)42(49-30-60-59-2)34-11-5-3-6-12-34/h3-8,11-14,19-24,27-30,40-43,50H,9-10,15-16,25-26H2,1-2H3,(H,48,51)(H,52,57)/b49-30-/t40-,41-,42+,43+/m0/s1. The number of aromatic nitrogens is 3. The topological polar surface area (TPSA) is 154 Å². The number of hydrogen-bond acceptors (Lipinski definition) is 8. The van der Waals surface area contributed by atoms with E-state index in [4.69, 9.17) is 14.6 Å². The summed E-state index contributed by atoms with van der Waals surface area (Å²) in [6.07, 6.45) is 5.64. The third kappa shape index (κ3) is 8.64. The number of likely N-dealkylation sites (tertiary alicyclic amines) is 2. The first kappa shape index (κ1) is 39.6. The number of hydrogen-bond donors (Lipinski definition) is 3. The number of aromatic amines is 2. The van der Waals surface area contributed by atoms with Crippen LogP contribution in [0.2, 0.25) is 0 Å². The summed E-state index contributed by atoms with van der Waals surface area (Å²) in [6, 6.07) is 32.7. The smallest absolute Gasteiger partial charge is 0.407 e. The van der Waals surface area contributed by atoms with Crippen molar-refractivity contribution in [2.24, 2.45) is 4.99 Å². The first-order valence-electron chi connectivity index (χ1n) is 20.0. The molecule has 4 atom stereocenters. The number of fused-ring (bicyclic) bond motifs is 1. The van der Waals surface area contributed by atoms with E-state index in [-0.39, 0.29) is 23.9 Å². The van der Waals surface area contributed by atoms with Gasteiger partial charge in [-0.05, 0) is 73.2 Å². The molecule has 2 aliphatic rings. The van der Waals surface area contributed by atoms with Crippen LogP contribution in [0.15, 0.2) is 120 Å². The number of imidazole rings is 1. The number of ether oxygens (including phenoxy) is 1. The van der Waals surface area contributed by atoms with Gasteiger partial charge in [-0.3, -0.25) is 9.59 Å². The van der Waals surface area contributed by atoms with Gasteiger partial charge in [-0.1, -0.05) is 84.6 Å². The Hall–Kier alpha value is -7.17. The summed E-state index contributed by atoms with van der Waals surface area (Å²) in [5, 5.41) is 3.73. The quantitative estimate of drug-likeness (QED) is 0.0398. The Morgan fingerprint density at radius 2 is 1.48 bits per heavy atom. The van der Waals surface area contributed by atoms with Crippen molar-refractivity contribution in [3.8, 4) is 23.1 Å². The van der Waals surface area contributed by atoms with Crippen LogP contribution in [-0.4, -0.2) is 76.4 Å². The summed E-state index contributed by atoms with van der Waals surface area (Å²) in [7, 11) is 2.67. The average molecular weight is 804 g/mol. The Balaban J connectivity index is 0.939. The van der Waals surface area contributed by atoms with Crippen LogP contribution in [0.25, 0.3) is 22.2 Å². The molecule has 2 aromatic heterocycles. The molecule has 304 valence electrons. The van der Waals surface area contributed by atoms with Crippen LogP contribution in [0, 0.1) is 11.8 Å². The van der Waals surface area contributed by atoms with E-state index in [2.05, 4.69) is 49.1 Å². The van der Waals surface area contributed by atoms with Crippen LogP contribution in [0.3, 0.4) is 0 Å². The molecule has 3 N–H and O–H groups in total. The lowest BCUT2D eigenvalue weighted by atomic mass is 10.0. The Kier molecular flexibility index (Phi) is 12.0. The molecule has 2 fully saturated rings. The molecule has 0 aliphatic carbocycles. The molecule has 4 aromatic carbocycles. The van der Waals surface area contributed by atoms with Gasteiger partial charge in [0.05, 0.1) is 32.0 Å². The van der Waals surface area contributed by atoms with Crippen LogP contribution in [0.5, 0.6) is 0 Å². The SMILES string of the molecule is COO/C=N\[C@@H](C(=O)N1CCC[C@H]1c1cc2cc(C#Cc3ccc(-c4c[nH]c([C@@H]5CCCN5C(=O)[C@H](NC(=O)OC)c5ccccc5)n4)cc3)ccc2[nH]1)c1ccccc1. The van der Waals surface area contributed by atoms with E-state index in [1.165, 1.54) is 20.6 Å². The number of rotatable bonds is 11. The molecule has 0 radical (unpaired) electrons. The predicted molar refractivity (Wildman–Crippen MR) is 226 cm³/mol. The van der Waals surface area contributed by atoms with Crippen LogP contribution in [0.1, 0.15) is 83.6 Å². The summed E-state index contributed by atoms with van der Waals surface area (Å²) in [5.41, 5.74) is 6.81. The molecular weight excluding hydrogens is 759 g/mol. The molecule has 13 heteroatoms. The predicted octanol–water partition coefficient (Wildman–Crippen LogP) is 7.73. The van der Waals surface area contributed by atoms with Crippen LogP contribution in [-0.2, 0) is 24.1 Å². The molecule has 3 amide bonds. The molecule has 0 bridgehead atoms. The number of aliphatic imine (C=N–C) groups is 1. The maximum Gasteiger partial charge on any atom is 0.407 e. The normalized spacial score (nSPS) is 17.3. The molecule has 60 heavy (non-hydrogen) atoms. The molecule has 2 aliphatic heterocycles. The molecular formula is C47H45N7O6. The average Bonchev–Trinajstić information content (AvgIpc) is 4.13. The van der Waals surface area contributed by atoms with E-state index in [0.717, 1.165) is 70.2 Å². The van der Waals surface area contributed by atoms with Gasteiger partial charge in [0.2, 0.25) is 6.40 Å². The highest BCUT2D eigenvalue weighted by atomic mass is 17.2. The number of nitrogens with one attached hydrogen (secondary N) is 3. The number of H-pyrrole nitrogens is 2. The van der Waals surface area contributed by atoms with E-state index in [0.29, 0.717) is 24.5 Å². The van der Waals surface area contributed by atoms with Crippen molar-refractivity contribution in [3.63, 3.8) is 0 Å². The maximum atomic E-state index is 14.0. The summed E-state index contributed by atoms with van der Waals surface area (Å²) < 4.78 is 4.83. The molecule has 0 unspecified atom stereocenters. The fraction of sp³-hybridized carbons (Fsp3) is 0.255. The van der Waals surface area contributed by atoms with Crippen LogP contribution in [0.4, 0.5) is 4.79 Å². The third-order valence-electron chi connectivity index (χ3n) is 11.0. The van der Waals surface area contributed by atoms with Gasteiger partial charge in [0, 0.05) is 52.6 Å². The highest BCUT2D eigenvalue weighted by molar-refractivity contribution is 5.88. The zero-order valence-electron chi connectivity index (χ0n) is 33.3. The monoisotopic (exact) mass is 803 g/mol. The molecule has 6 aromatic rings. The molecule has 8 rings (SSSR count). The second kappa shape index (κ2) is 18.2. The summed E-state index contributed by atoms with van der Waals surface area (Å²) in [5.74, 6) is 6.98. The summed E-state index contributed by atoms with van der Waals surface area (Å²) in [4.78, 5) is 69.4. The lowest BCUT2D eigenvalue weighted by Crippen LogP contribution is -2.42. The molecule has 0 spiro atoms. The van der Waals surface area contributed by atoms with Gasteiger partial charge < -0.3 is 34.7 Å². The Bertz CT molecular complexity index is 2540. The van der Waals surface area contributed by atoms with Crippen molar-refractivity contribution in [2.45, 2.75) is 49.9 Å². The van der Waals surface area contributed by atoms with Crippen molar-refractivity contribution in [1.29, 1.82) is 0 Å². The molecule has 4 heterocycles. The van der Waals surface area contributed by atoms with Gasteiger partial charge >= 0.3 is 6.09 Å². The van der Waals surface area contributed by atoms with Gasteiger partial charge in [-0.25, -0.2) is 14.8 Å². The zero-order valence-corrected chi connectivity index (χ0v) is 33.3.